The Morgan fingerprint density at radius 2 is 1.95 bits per heavy atom. The van der Waals surface area contributed by atoms with Crippen molar-refractivity contribution in [2.45, 2.75) is 13.0 Å². The quantitative estimate of drug-likeness (QED) is 0.645. The fourth-order valence-corrected chi connectivity index (χ4v) is 1.80. The Morgan fingerprint density at radius 3 is 2.65 bits per heavy atom. The van der Waals surface area contributed by atoms with Crippen LogP contribution < -0.4 is 11.1 Å². The third kappa shape index (κ3) is 3.07. The SMILES string of the molecule is CC(N)c1cccc(NC(=O)c2cc(O)ccc2O)c1. The summed E-state index contributed by atoms with van der Waals surface area (Å²) in [6.07, 6.45) is 0. The van der Waals surface area contributed by atoms with Crippen LogP contribution in [0.4, 0.5) is 5.69 Å². The molecule has 2 aromatic rings. The number of amides is 1. The Balaban J connectivity index is 2.23. The lowest BCUT2D eigenvalue weighted by molar-refractivity contribution is 0.102. The van der Waals surface area contributed by atoms with Gasteiger partial charge in [-0.25, -0.2) is 0 Å². The summed E-state index contributed by atoms with van der Waals surface area (Å²) in [6.45, 7) is 1.85. The molecule has 0 spiro atoms. The van der Waals surface area contributed by atoms with E-state index < -0.39 is 5.91 Å². The second-order valence-corrected chi connectivity index (χ2v) is 4.57. The Labute approximate surface area is 116 Å². The third-order valence-electron chi connectivity index (χ3n) is 2.90. The Kier molecular flexibility index (Phi) is 3.91. The molecule has 1 amide bonds. The summed E-state index contributed by atoms with van der Waals surface area (Å²) >= 11 is 0. The lowest BCUT2D eigenvalue weighted by atomic mass is 10.1. The zero-order valence-electron chi connectivity index (χ0n) is 11.0. The van der Waals surface area contributed by atoms with E-state index in [1.807, 2.05) is 13.0 Å². The summed E-state index contributed by atoms with van der Waals surface area (Å²) in [5.74, 6) is -0.777. The second-order valence-electron chi connectivity index (χ2n) is 4.57. The van der Waals surface area contributed by atoms with Gasteiger partial charge in [-0.1, -0.05) is 12.1 Å². The van der Waals surface area contributed by atoms with Crippen LogP contribution >= 0.6 is 0 Å². The minimum absolute atomic E-state index is 0.0104. The molecule has 104 valence electrons. The molecule has 2 rings (SSSR count). The number of nitrogens with two attached hydrogens (primary N) is 1. The van der Waals surface area contributed by atoms with Gasteiger partial charge in [-0.15, -0.1) is 0 Å². The van der Waals surface area contributed by atoms with Crippen LogP contribution in [0.2, 0.25) is 0 Å². The van der Waals surface area contributed by atoms with Crippen LogP contribution in [0, 0.1) is 0 Å². The molecule has 0 aliphatic carbocycles. The van der Waals surface area contributed by atoms with E-state index in [2.05, 4.69) is 5.32 Å². The summed E-state index contributed by atoms with van der Waals surface area (Å²) in [5, 5.41) is 21.7. The number of phenolic OH excluding ortho intramolecular Hbond substituents is 2. The number of phenols is 2. The second kappa shape index (κ2) is 5.63. The largest absolute Gasteiger partial charge is 0.508 e. The Bertz CT molecular complexity index is 639. The molecule has 0 heterocycles. The van der Waals surface area contributed by atoms with Gasteiger partial charge in [-0.3, -0.25) is 4.79 Å². The average molecular weight is 272 g/mol. The van der Waals surface area contributed by atoms with Gasteiger partial charge >= 0.3 is 0 Å². The van der Waals surface area contributed by atoms with E-state index in [-0.39, 0.29) is 23.1 Å². The van der Waals surface area contributed by atoms with Crippen molar-refractivity contribution < 1.29 is 15.0 Å². The molecule has 0 aromatic heterocycles. The van der Waals surface area contributed by atoms with Crippen molar-refractivity contribution in [1.82, 2.24) is 0 Å². The average Bonchev–Trinajstić information content (AvgIpc) is 2.41. The maximum Gasteiger partial charge on any atom is 0.259 e. The number of rotatable bonds is 3. The minimum atomic E-state index is -0.500. The molecule has 0 saturated carbocycles. The van der Waals surface area contributed by atoms with Crippen LogP contribution in [-0.2, 0) is 0 Å². The summed E-state index contributed by atoms with van der Waals surface area (Å²) < 4.78 is 0. The Hall–Kier alpha value is -2.53. The molecule has 0 fully saturated rings. The number of carbonyl (C=O) groups excluding carboxylic acids is 1. The molecule has 5 heteroatoms. The molecule has 0 aliphatic rings. The van der Waals surface area contributed by atoms with Gasteiger partial charge in [0.25, 0.3) is 5.91 Å². The van der Waals surface area contributed by atoms with E-state index in [0.29, 0.717) is 5.69 Å². The summed E-state index contributed by atoms with van der Waals surface area (Å²) in [6, 6.07) is 10.8. The van der Waals surface area contributed by atoms with Gasteiger partial charge in [-0.05, 0) is 42.8 Å². The fourth-order valence-electron chi connectivity index (χ4n) is 1.80. The van der Waals surface area contributed by atoms with E-state index in [9.17, 15) is 15.0 Å². The first-order valence-electron chi connectivity index (χ1n) is 6.16. The van der Waals surface area contributed by atoms with Crippen LogP contribution in [-0.4, -0.2) is 16.1 Å². The number of anilines is 1. The van der Waals surface area contributed by atoms with Crippen molar-refractivity contribution >= 4 is 11.6 Å². The van der Waals surface area contributed by atoms with Crippen molar-refractivity contribution in [3.8, 4) is 11.5 Å². The van der Waals surface area contributed by atoms with Crippen molar-refractivity contribution in [2.75, 3.05) is 5.32 Å². The summed E-state index contributed by atoms with van der Waals surface area (Å²) in [7, 11) is 0. The van der Waals surface area contributed by atoms with Crippen molar-refractivity contribution in [3.63, 3.8) is 0 Å². The lowest BCUT2D eigenvalue weighted by Gasteiger charge is -2.10. The van der Waals surface area contributed by atoms with Crippen LogP contribution in [0.25, 0.3) is 0 Å². The molecule has 0 saturated heterocycles. The van der Waals surface area contributed by atoms with Gasteiger partial charge in [-0.2, -0.15) is 0 Å². The summed E-state index contributed by atoms with van der Waals surface area (Å²) in [5.41, 5.74) is 7.26. The molecule has 0 bridgehead atoms. The highest BCUT2D eigenvalue weighted by molar-refractivity contribution is 6.06. The molecule has 0 aliphatic heterocycles. The highest BCUT2D eigenvalue weighted by Gasteiger charge is 2.12. The van der Waals surface area contributed by atoms with Gasteiger partial charge in [0, 0.05) is 11.7 Å². The molecule has 20 heavy (non-hydrogen) atoms. The highest BCUT2D eigenvalue weighted by atomic mass is 16.3. The van der Waals surface area contributed by atoms with Crippen molar-refractivity contribution in [1.29, 1.82) is 0 Å². The monoisotopic (exact) mass is 272 g/mol. The first kappa shape index (κ1) is 13.9. The van der Waals surface area contributed by atoms with Gasteiger partial charge in [0.1, 0.15) is 11.5 Å². The van der Waals surface area contributed by atoms with E-state index in [4.69, 9.17) is 5.73 Å². The van der Waals surface area contributed by atoms with Gasteiger partial charge in [0.05, 0.1) is 5.56 Å². The zero-order valence-corrected chi connectivity index (χ0v) is 11.0. The Morgan fingerprint density at radius 1 is 1.20 bits per heavy atom. The predicted molar refractivity (Wildman–Crippen MR) is 76.8 cm³/mol. The molecule has 0 radical (unpaired) electrons. The highest BCUT2D eigenvalue weighted by Crippen LogP contribution is 2.23. The smallest absolute Gasteiger partial charge is 0.259 e. The third-order valence-corrected chi connectivity index (χ3v) is 2.90. The van der Waals surface area contributed by atoms with E-state index >= 15 is 0 Å². The van der Waals surface area contributed by atoms with Crippen LogP contribution in [0.3, 0.4) is 0 Å². The van der Waals surface area contributed by atoms with Gasteiger partial charge in [0.2, 0.25) is 0 Å². The number of hydrogen-bond donors (Lipinski definition) is 4. The lowest BCUT2D eigenvalue weighted by Crippen LogP contribution is -2.13. The zero-order chi connectivity index (χ0) is 14.7. The topological polar surface area (TPSA) is 95.6 Å². The molecule has 5 N–H and O–H groups in total. The molecule has 1 atom stereocenters. The van der Waals surface area contributed by atoms with E-state index in [1.165, 1.54) is 18.2 Å². The molecule has 5 nitrogen and oxygen atoms in total. The van der Waals surface area contributed by atoms with E-state index in [1.54, 1.807) is 18.2 Å². The molecular weight excluding hydrogens is 256 g/mol. The first-order chi connectivity index (χ1) is 9.47. The van der Waals surface area contributed by atoms with Gasteiger partial charge in [0.15, 0.2) is 0 Å². The maximum absolute atomic E-state index is 12.1. The number of nitrogens with one attached hydrogen (secondary N) is 1. The normalized spacial score (nSPS) is 11.9. The molecular formula is C15H16N2O3. The number of carbonyl (C=O) groups is 1. The minimum Gasteiger partial charge on any atom is -0.508 e. The molecule has 1 unspecified atom stereocenters. The van der Waals surface area contributed by atoms with Crippen molar-refractivity contribution in [3.05, 3.63) is 53.6 Å². The van der Waals surface area contributed by atoms with Crippen LogP contribution in [0.1, 0.15) is 28.9 Å². The number of aromatic hydroxyl groups is 2. The first-order valence-corrected chi connectivity index (χ1v) is 6.16. The predicted octanol–water partition coefficient (Wildman–Crippen LogP) is 2.37. The number of benzene rings is 2. The van der Waals surface area contributed by atoms with E-state index in [0.717, 1.165) is 5.56 Å². The van der Waals surface area contributed by atoms with Crippen molar-refractivity contribution in [2.24, 2.45) is 5.73 Å². The number of hydrogen-bond acceptors (Lipinski definition) is 4. The maximum atomic E-state index is 12.1. The van der Waals surface area contributed by atoms with Gasteiger partial charge < -0.3 is 21.3 Å². The standard InChI is InChI=1S/C15H16N2O3/c1-9(16)10-3-2-4-11(7-10)17-15(20)13-8-12(18)5-6-14(13)19/h2-9,18-19H,16H2,1H3,(H,17,20). The molecule has 2 aromatic carbocycles. The van der Waals surface area contributed by atoms with Crippen LogP contribution in [0.5, 0.6) is 11.5 Å². The summed E-state index contributed by atoms with van der Waals surface area (Å²) in [4.78, 5) is 12.1. The fraction of sp³-hybridized carbons (Fsp3) is 0.133. The van der Waals surface area contributed by atoms with Crippen LogP contribution in [0.15, 0.2) is 42.5 Å².